The highest BCUT2D eigenvalue weighted by Crippen LogP contribution is 2.32. The molecule has 1 unspecified atom stereocenters. The summed E-state index contributed by atoms with van der Waals surface area (Å²) in [6.07, 6.45) is 1.32. The minimum absolute atomic E-state index is 0.0677. The van der Waals surface area contributed by atoms with E-state index < -0.39 is 27.4 Å². The van der Waals surface area contributed by atoms with Gasteiger partial charge in [0.1, 0.15) is 24.5 Å². The van der Waals surface area contributed by atoms with E-state index in [0.717, 1.165) is 5.56 Å². The number of rotatable bonds is 7. The van der Waals surface area contributed by atoms with Gasteiger partial charge < -0.3 is 24.5 Å². The molecule has 2 heterocycles. The van der Waals surface area contributed by atoms with Crippen molar-refractivity contribution in [2.75, 3.05) is 25.0 Å². The van der Waals surface area contributed by atoms with E-state index in [-0.39, 0.29) is 15.8 Å². The third kappa shape index (κ3) is 5.00. The quantitative estimate of drug-likeness (QED) is 0.329. The zero-order valence-corrected chi connectivity index (χ0v) is 21.4. The van der Waals surface area contributed by atoms with Gasteiger partial charge in [-0.1, -0.05) is 12.1 Å². The number of nitrogens with one attached hydrogen (secondary N) is 3. The molecule has 3 N–H and O–H groups in total. The number of aromatic nitrogens is 1. The lowest BCUT2D eigenvalue weighted by Crippen LogP contribution is -2.31. The van der Waals surface area contributed by atoms with Crippen LogP contribution in [-0.2, 0) is 10.0 Å². The fourth-order valence-electron chi connectivity index (χ4n) is 4.12. The maximum Gasteiger partial charge on any atom is 0.261 e. The van der Waals surface area contributed by atoms with Crippen LogP contribution in [0.1, 0.15) is 28.9 Å². The van der Waals surface area contributed by atoms with Crippen molar-refractivity contribution in [3.05, 3.63) is 88.2 Å². The second kappa shape index (κ2) is 10.1. The molecule has 0 spiro atoms. The minimum Gasteiger partial charge on any atom is -0.497 e. The van der Waals surface area contributed by atoms with Crippen LogP contribution in [0, 0.1) is 0 Å². The first-order chi connectivity index (χ1) is 18.2. The number of hydrogen-bond donors (Lipinski definition) is 3. The summed E-state index contributed by atoms with van der Waals surface area (Å²) < 4.78 is 44.8. The molecule has 0 saturated carbocycles. The van der Waals surface area contributed by atoms with Crippen molar-refractivity contribution in [1.82, 2.24) is 10.3 Å². The number of methoxy groups -OCH3 is 1. The van der Waals surface area contributed by atoms with Crippen LogP contribution >= 0.6 is 0 Å². The molecule has 0 bridgehead atoms. The molecule has 0 aliphatic carbocycles. The molecule has 4 aromatic rings. The van der Waals surface area contributed by atoms with Gasteiger partial charge in [0.15, 0.2) is 11.5 Å². The molecule has 1 aromatic heterocycles. The van der Waals surface area contributed by atoms with Gasteiger partial charge in [-0.2, -0.15) is 0 Å². The third-order valence-corrected chi connectivity index (χ3v) is 7.52. The summed E-state index contributed by atoms with van der Waals surface area (Å²) >= 11 is 0. The summed E-state index contributed by atoms with van der Waals surface area (Å²) in [6.45, 7) is 2.70. The van der Waals surface area contributed by atoms with Gasteiger partial charge in [0.25, 0.3) is 15.9 Å². The average molecular weight is 536 g/mol. The number of H-pyrrole nitrogens is 1. The van der Waals surface area contributed by atoms with Crippen molar-refractivity contribution in [1.29, 1.82) is 0 Å². The Kier molecular flexibility index (Phi) is 6.68. The van der Waals surface area contributed by atoms with Crippen molar-refractivity contribution >= 4 is 32.5 Å². The lowest BCUT2D eigenvalue weighted by atomic mass is 10.1. The normalized spacial score (nSPS) is 13.5. The van der Waals surface area contributed by atoms with Crippen molar-refractivity contribution in [3.8, 4) is 17.2 Å². The maximum atomic E-state index is 13.3. The van der Waals surface area contributed by atoms with Gasteiger partial charge >= 0.3 is 0 Å². The molecule has 0 saturated heterocycles. The molecule has 1 aliphatic rings. The monoisotopic (exact) mass is 535 g/mol. The zero-order valence-electron chi connectivity index (χ0n) is 20.6. The summed E-state index contributed by atoms with van der Waals surface area (Å²) in [5, 5.41) is 2.88. The van der Waals surface area contributed by atoms with Crippen LogP contribution in [-0.4, -0.2) is 39.6 Å². The Morgan fingerprint density at radius 3 is 2.61 bits per heavy atom. The molecule has 196 valence electrons. The number of fused-ring (bicyclic) bond motifs is 2. The zero-order chi connectivity index (χ0) is 26.9. The highest BCUT2D eigenvalue weighted by Gasteiger charge is 2.21. The SMILES string of the molecule is COc1cccc(NS(=O)(=O)c2ccc3[nH]cc(C(=O)NC(C)c4ccc5c(c4)OCCO5)c(=O)c3c2)c1. The molecule has 38 heavy (non-hydrogen) atoms. The number of amides is 1. The third-order valence-electron chi connectivity index (χ3n) is 6.14. The second-order valence-corrected chi connectivity index (χ2v) is 10.4. The van der Waals surface area contributed by atoms with E-state index >= 15 is 0 Å². The van der Waals surface area contributed by atoms with E-state index in [1.165, 1.54) is 37.6 Å². The number of pyridine rings is 1. The van der Waals surface area contributed by atoms with E-state index in [1.807, 2.05) is 6.07 Å². The first-order valence-electron chi connectivity index (χ1n) is 11.8. The molecule has 1 amide bonds. The highest BCUT2D eigenvalue weighted by atomic mass is 32.2. The van der Waals surface area contributed by atoms with Crippen LogP contribution in [0.4, 0.5) is 5.69 Å². The van der Waals surface area contributed by atoms with E-state index in [2.05, 4.69) is 15.0 Å². The molecular formula is C27H25N3O7S. The molecular weight excluding hydrogens is 510 g/mol. The predicted octanol–water partition coefficient (Wildman–Crippen LogP) is 3.60. The lowest BCUT2D eigenvalue weighted by Gasteiger charge is -2.21. The number of ether oxygens (including phenoxy) is 3. The highest BCUT2D eigenvalue weighted by molar-refractivity contribution is 7.92. The number of carbonyl (C=O) groups excluding carboxylic acids is 1. The fourth-order valence-corrected chi connectivity index (χ4v) is 5.20. The fraction of sp³-hybridized carbons (Fsp3) is 0.185. The molecule has 5 rings (SSSR count). The Balaban J connectivity index is 1.40. The van der Waals surface area contributed by atoms with Gasteiger partial charge in [0.05, 0.1) is 23.7 Å². The molecule has 3 aromatic carbocycles. The summed E-state index contributed by atoms with van der Waals surface area (Å²) in [6, 6.07) is 15.5. The number of aromatic amines is 1. The molecule has 0 fully saturated rings. The Hall–Kier alpha value is -4.51. The maximum absolute atomic E-state index is 13.3. The minimum atomic E-state index is -4.02. The van der Waals surface area contributed by atoms with Gasteiger partial charge in [-0.05, 0) is 55.0 Å². The number of carbonyl (C=O) groups is 1. The van der Waals surface area contributed by atoms with Crippen LogP contribution in [0.2, 0.25) is 0 Å². The van der Waals surface area contributed by atoms with Crippen LogP contribution in [0.15, 0.2) is 76.6 Å². The number of benzene rings is 3. The van der Waals surface area contributed by atoms with E-state index in [1.54, 1.807) is 37.3 Å². The largest absolute Gasteiger partial charge is 0.497 e. The number of hydrogen-bond acceptors (Lipinski definition) is 7. The van der Waals surface area contributed by atoms with E-state index in [0.29, 0.717) is 41.7 Å². The van der Waals surface area contributed by atoms with Crippen LogP contribution in [0.3, 0.4) is 0 Å². The van der Waals surface area contributed by atoms with E-state index in [9.17, 15) is 18.0 Å². The lowest BCUT2D eigenvalue weighted by molar-refractivity contribution is 0.0938. The second-order valence-electron chi connectivity index (χ2n) is 8.67. The Bertz CT molecular complexity index is 1700. The summed E-state index contributed by atoms with van der Waals surface area (Å²) in [5.41, 5.74) is 0.740. The molecule has 1 atom stereocenters. The van der Waals surface area contributed by atoms with Gasteiger partial charge in [0, 0.05) is 23.2 Å². The molecule has 1 aliphatic heterocycles. The van der Waals surface area contributed by atoms with Crippen LogP contribution < -0.4 is 29.7 Å². The predicted molar refractivity (Wildman–Crippen MR) is 142 cm³/mol. The van der Waals surface area contributed by atoms with Crippen LogP contribution in [0.25, 0.3) is 10.9 Å². The Morgan fingerprint density at radius 1 is 1.03 bits per heavy atom. The number of anilines is 1. The van der Waals surface area contributed by atoms with Crippen molar-refractivity contribution in [2.45, 2.75) is 17.9 Å². The topological polar surface area (TPSA) is 136 Å². The summed E-state index contributed by atoms with van der Waals surface area (Å²) in [5.74, 6) is 1.12. The van der Waals surface area contributed by atoms with Gasteiger partial charge in [-0.25, -0.2) is 8.42 Å². The van der Waals surface area contributed by atoms with Gasteiger partial charge in [0.2, 0.25) is 5.43 Å². The smallest absolute Gasteiger partial charge is 0.261 e. The summed E-state index contributed by atoms with van der Waals surface area (Å²) in [4.78, 5) is 29.1. The van der Waals surface area contributed by atoms with Crippen molar-refractivity contribution in [3.63, 3.8) is 0 Å². The first-order valence-corrected chi connectivity index (χ1v) is 13.3. The Labute approximate surface area is 218 Å². The van der Waals surface area contributed by atoms with Gasteiger partial charge in [-0.15, -0.1) is 0 Å². The van der Waals surface area contributed by atoms with Crippen molar-refractivity contribution < 1.29 is 27.4 Å². The summed E-state index contributed by atoms with van der Waals surface area (Å²) in [7, 11) is -2.54. The number of sulfonamides is 1. The Morgan fingerprint density at radius 2 is 1.82 bits per heavy atom. The average Bonchev–Trinajstić information content (AvgIpc) is 2.92. The molecule has 11 heteroatoms. The molecule has 10 nitrogen and oxygen atoms in total. The van der Waals surface area contributed by atoms with E-state index in [4.69, 9.17) is 14.2 Å². The first kappa shape index (κ1) is 25.2. The van der Waals surface area contributed by atoms with Crippen molar-refractivity contribution in [2.24, 2.45) is 0 Å². The van der Waals surface area contributed by atoms with Gasteiger partial charge in [-0.3, -0.25) is 14.3 Å². The van der Waals surface area contributed by atoms with Crippen LogP contribution in [0.5, 0.6) is 17.2 Å². The standard InChI is InChI=1S/C27H25N3O7S/c1-16(17-6-9-24-25(12-17)37-11-10-36-24)29-27(32)22-15-28-23-8-7-20(14-21(23)26(22)31)38(33,34)30-18-4-3-5-19(13-18)35-2/h3-9,12-16,30H,10-11H2,1-2H3,(H,28,31)(H,29,32). The molecule has 0 radical (unpaired) electrons.